The smallest absolute Gasteiger partial charge is 0.240 e. The molecule has 4 nitrogen and oxygen atoms in total. The Morgan fingerprint density at radius 3 is 2.82 bits per heavy atom. The summed E-state index contributed by atoms with van der Waals surface area (Å²) in [6, 6.07) is 8.23. The number of anilines is 1. The number of carbonyl (C=O) groups is 1. The number of nitrogens with zero attached hydrogens (tertiary/aromatic N) is 1. The second kappa shape index (κ2) is 5.68. The summed E-state index contributed by atoms with van der Waals surface area (Å²) in [6.45, 7) is 1.50. The highest BCUT2D eigenvalue weighted by Gasteiger charge is 2.20. The number of rotatable bonds is 5. The maximum absolute atomic E-state index is 11.2. The van der Waals surface area contributed by atoms with Crippen molar-refractivity contribution in [2.45, 2.75) is 25.7 Å². The summed E-state index contributed by atoms with van der Waals surface area (Å²) in [5, 5.41) is 1.94. The summed E-state index contributed by atoms with van der Waals surface area (Å²) < 4.78 is 0. The van der Waals surface area contributed by atoms with E-state index in [2.05, 4.69) is 17.6 Å². The van der Waals surface area contributed by atoms with E-state index in [1.165, 1.54) is 5.56 Å². The first-order valence-corrected chi connectivity index (χ1v) is 6.16. The molecule has 2 rings (SSSR count). The fourth-order valence-electron chi connectivity index (χ4n) is 2.10. The third-order valence-corrected chi connectivity index (χ3v) is 3.00. The fraction of sp³-hybridized carbons (Fsp3) is 0.462. The van der Waals surface area contributed by atoms with E-state index in [1.807, 2.05) is 17.1 Å². The van der Waals surface area contributed by atoms with Crippen molar-refractivity contribution in [3.8, 4) is 0 Å². The average molecular weight is 233 g/mol. The number of aryl methyl sites for hydroxylation is 1. The number of benzene rings is 1. The summed E-state index contributed by atoms with van der Waals surface area (Å²) in [7, 11) is 0. The van der Waals surface area contributed by atoms with Crippen LogP contribution in [0.2, 0.25) is 0 Å². The zero-order valence-corrected chi connectivity index (χ0v) is 9.98. The van der Waals surface area contributed by atoms with Crippen LogP contribution in [-0.2, 0) is 11.2 Å². The van der Waals surface area contributed by atoms with Gasteiger partial charge in [-0.3, -0.25) is 15.2 Å². The molecule has 0 unspecified atom stereocenters. The molecule has 3 N–H and O–H groups in total. The van der Waals surface area contributed by atoms with E-state index in [4.69, 9.17) is 5.73 Å². The van der Waals surface area contributed by atoms with Gasteiger partial charge in [0.15, 0.2) is 0 Å². The van der Waals surface area contributed by atoms with Gasteiger partial charge in [0, 0.05) is 13.0 Å². The van der Waals surface area contributed by atoms with Gasteiger partial charge < -0.3 is 5.73 Å². The van der Waals surface area contributed by atoms with E-state index in [1.54, 1.807) is 0 Å². The van der Waals surface area contributed by atoms with E-state index < -0.39 is 0 Å². The van der Waals surface area contributed by atoms with Gasteiger partial charge in [-0.2, -0.15) is 0 Å². The summed E-state index contributed by atoms with van der Waals surface area (Å²) in [4.78, 5) is 11.2. The minimum Gasteiger partial charge on any atom is -0.330 e. The van der Waals surface area contributed by atoms with Crippen LogP contribution in [0.3, 0.4) is 0 Å². The first-order valence-electron chi connectivity index (χ1n) is 6.16. The zero-order chi connectivity index (χ0) is 12.1. The van der Waals surface area contributed by atoms with Gasteiger partial charge in [-0.05, 0) is 37.4 Å². The minimum absolute atomic E-state index is 0.0989. The molecule has 4 heteroatoms. The molecule has 1 saturated heterocycles. The second-order valence-electron chi connectivity index (χ2n) is 4.31. The minimum atomic E-state index is 0.0989. The van der Waals surface area contributed by atoms with Crippen LogP contribution in [0.25, 0.3) is 0 Å². The molecule has 0 atom stereocenters. The van der Waals surface area contributed by atoms with Gasteiger partial charge in [-0.15, -0.1) is 0 Å². The van der Waals surface area contributed by atoms with E-state index in [9.17, 15) is 4.79 Å². The van der Waals surface area contributed by atoms with Crippen molar-refractivity contribution in [2.24, 2.45) is 5.73 Å². The summed E-state index contributed by atoms with van der Waals surface area (Å²) >= 11 is 0. The van der Waals surface area contributed by atoms with E-state index in [0.29, 0.717) is 6.42 Å². The van der Waals surface area contributed by atoms with Crippen LogP contribution in [0, 0.1) is 0 Å². The highest BCUT2D eigenvalue weighted by atomic mass is 16.2. The summed E-state index contributed by atoms with van der Waals surface area (Å²) in [5.41, 5.74) is 10.8. The average Bonchev–Trinajstić information content (AvgIpc) is 2.77. The molecule has 0 bridgehead atoms. The monoisotopic (exact) mass is 233 g/mol. The van der Waals surface area contributed by atoms with Crippen LogP contribution in [0.15, 0.2) is 24.3 Å². The van der Waals surface area contributed by atoms with Crippen LogP contribution in [0.5, 0.6) is 0 Å². The number of hydrogen-bond donors (Lipinski definition) is 2. The molecule has 1 aliphatic rings. The largest absolute Gasteiger partial charge is 0.330 e. The van der Waals surface area contributed by atoms with Crippen molar-refractivity contribution in [3.05, 3.63) is 29.8 Å². The molecule has 92 valence electrons. The second-order valence-corrected chi connectivity index (χ2v) is 4.31. The number of unbranched alkanes of at least 4 members (excludes halogenated alkanes) is 1. The van der Waals surface area contributed by atoms with Crippen molar-refractivity contribution in [2.75, 3.05) is 18.1 Å². The molecule has 1 aliphatic heterocycles. The van der Waals surface area contributed by atoms with Crippen molar-refractivity contribution in [1.82, 2.24) is 5.43 Å². The topological polar surface area (TPSA) is 58.4 Å². The number of nitrogens with one attached hydrogen (secondary N) is 1. The van der Waals surface area contributed by atoms with E-state index in [0.717, 1.165) is 38.0 Å². The van der Waals surface area contributed by atoms with Gasteiger partial charge in [-0.1, -0.05) is 18.2 Å². The quantitative estimate of drug-likeness (QED) is 0.752. The van der Waals surface area contributed by atoms with Crippen molar-refractivity contribution in [1.29, 1.82) is 0 Å². The van der Waals surface area contributed by atoms with Crippen molar-refractivity contribution < 1.29 is 4.79 Å². The lowest BCUT2D eigenvalue weighted by Gasteiger charge is -2.20. The normalized spacial score (nSPS) is 15.1. The molecule has 1 fully saturated rings. The molecule has 1 aromatic rings. The van der Waals surface area contributed by atoms with Crippen LogP contribution >= 0.6 is 0 Å². The number of hydrogen-bond acceptors (Lipinski definition) is 3. The van der Waals surface area contributed by atoms with Crippen molar-refractivity contribution in [3.63, 3.8) is 0 Å². The zero-order valence-electron chi connectivity index (χ0n) is 9.98. The van der Waals surface area contributed by atoms with Gasteiger partial charge in [0.2, 0.25) is 5.91 Å². The van der Waals surface area contributed by atoms with Gasteiger partial charge in [0.25, 0.3) is 0 Å². The maximum Gasteiger partial charge on any atom is 0.240 e. The molecule has 1 amide bonds. The highest BCUT2D eigenvalue weighted by Crippen LogP contribution is 2.22. The lowest BCUT2D eigenvalue weighted by molar-refractivity contribution is -0.119. The Labute approximate surface area is 102 Å². The lowest BCUT2D eigenvalue weighted by Crippen LogP contribution is -2.33. The molecule has 0 aliphatic carbocycles. The molecule has 1 aromatic carbocycles. The van der Waals surface area contributed by atoms with Gasteiger partial charge in [0.05, 0.1) is 5.69 Å². The molecule has 0 saturated carbocycles. The maximum atomic E-state index is 11.2. The van der Waals surface area contributed by atoms with Crippen LogP contribution in [0.1, 0.15) is 24.8 Å². The van der Waals surface area contributed by atoms with Gasteiger partial charge >= 0.3 is 0 Å². The molecular formula is C13H19N3O. The van der Waals surface area contributed by atoms with E-state index in [-0.39, 0.29) is 5.91 Å². The van der Waals surface area contributed by atoms with Crippen molar-refractivity contribution >= 4 is 11.6 Å². The molecule has 0 spiro atoms. The molecule has 0 aromatic heterocycles. The Morgan fingerprint density at radius 2 is 2.12 bits per heavy atom. The Morgan fingerprint density at radius 1 is 1.29 bits per heavy atom. The number of carbonyl (C=O) groups excluding carboxylic acids is 1. The summed E-state index contributed by atoms with van der Waals surface area (Å²) in [5.74, 6) is 0.0989. The van der Waals surface area contributed by atoms with Gasteiger partial charge in [0.1, 0.15) is 0 Å². The highest BCUT2D eigenvalue weighted by molar-refractivity contribution is 5.81. The third-order valence-electron chi connectivity index (χ3n) is 3.00. The van der Waals surface area contributed by atoms with Gasteiger partial charge in [-0.25, -0.2) is 0 Å². The fourth-order valence-corrected chi connectivity index (χ4v) is 2.10. The molecule has 0 radical (unpaired) electrons. The first kappa shape index (κ1) is 11.9. The number of para-hydroxylation sites is 1. The Hall–Kier alpha value is -1.55. The van der Waals surface area contributed by atoms with Crippen LogP contribution in [-0.4, -0.2) is 19.0 Å². The van der Waals surface area contributed by atoms with Crippen LogP contribution < -0.4 is 16.2 Å². The third kappa shape index (κ3) is 2.97. The Balaban J connectivity index is 2.07. The SMILES string of the molecule is NCCCCc1ccccc1N1CCC(=O)N1. The summed E-state index contributed by atoms with van der Waals surface area (Å²) in [6.07, 6.45) is 3.73. The first-order chi connectivity index (χ1) is 8.31. The molecule has 1 heterocycles. The van der Waals surface area contributed by atoms with E-state index >= 15 is 0 Å². The molecule has 17 heavy (non-hydrogen) atoms. The predicted octanol–water partition coefficient (Wildman–Crippen LogP) is 1.21. The lowest BCUT2D eigenvalue weighted by atomic mass is 10.1. The standard InChI is InChI=1S/C13H19N3O/c14-9-4-3-6-11-5-1-2-7-12(11)16-10-8-13(17)15-16/h1-2,5,7H,3-4,6,8-10,14H2,(H,15,17). The number of hydrazine groups is 1. The number of nitrogens with two attached hydrogens (primary N) is 1. The Bertz CT molecular complexity index is 392. The van der Waals surface area contributed by atoms with Crippen LogP contribution in [0.4, 0.5) is 5.69 Å². The Kier molecular flexibility index (Phi) is 3.98. The number of amides is 1. The molecular weight excluding hydrogens is 214 g/mol. The predicted molar refractivity (Wildman–Crippen MR) is 68.5 cm³/mol.